The number of nitrogens with one attached hydrogen (secondary N) is 1. The Morgan fingerprint density at radius 2 is 1.91 bits per heavy atom. The maximum absolute atomic E-state index is 12.9. The van der Waals surface area contributed by atoms with Crippen LogP contribution >= 0.6 is 0 Å². The Morgan fingerprint density at radius 3 is 2.67 bits per heavy atom. The largest absolute Gasteiger partial charge is 0.356 e. The van der Waals surface area contributed by atoms with Gasteiger partial charge in [-0.2, -0.15) is 0 Å². The third-order valence-electron chi connectivity index (χ3n) is 6.85. The lowest BCUT2D eigenvalue weighted by Crippen LogP contribution is -2.47. The van der Waals surface area contributed by atoms with Crippen LogP contribution in [-0.2, 0) is 11.8 Å². The minimum absolute atomic E-state index is 0.0896. The van der Waals surface area contributed by atoms with E-state index in [0.717, 1.165) is 58.5 Å². The number of rotatable bonds is 8. The lowest BCUT2D eigenvalue weighted by Gasteiger charge is -2.34. The number of carbonyl (C=O) groups is 1. The Balaban J connectivity index is 1.27. The molecule has 9 heteroatoms. The van der Waals surface area contributed by atoms with Crippen LogP contribution < -0.4 is 15.8 Å². The van der Waals surface area contributed by atoms with Crippen LogP contribution in [0.2, 0.25) is 0 Å². The molecule has 1 atom stereocenters. The van der Waals surface area contributed by atoms with Crippen LogP contribution in [0.1, 0.15) is 32.6 Å². The van der Waals surface area contributed by atoms with E-state index in [4.69, 9.17) is 0 Å². The number of aryl methyl sites for hydroxylation is 1. The summed E-state index contributed by atoms with van der Waals surface area (Å²) in [6.45, 7) is 11.0. The van der Waals surface area contributed by atoms with Gasteiger partial charge in [0.2, 0.25) is 5.91 Å². The molecule has 0 aromatic carbocycles. The lowest BCUT2D eigenvalue weighted by molar-refractivity contribution is -0.125. The van der Waals surface area contributed by atoms with Crippen molar-refractivity contribution in [3.8, 4) is 0 Å². The molecule has 1 N–H and O–H groups in total. The first-order valence-electron chi connectivity index (χ1n) is 12.4. The zero-order valence-electron chi connectivity index (χ0n) is 20.0. The minimum atomic E-state index is -0.165. The van der Waals surface area contributed by atoms with Gasteiger partial charge in [0.15, 0.2) is 11.5 Å². The Hall–Kier alpha value is -2.52. The summed E-state index contributed by atoms with van der Waals surface area (Å²) in [6.07, 6.45) is 5.56. The van der Waals surface area contributed by atoms with Gasteiger partial charge in [-0.1, -0.05) is 6.92 Å². The number of piperidine rings is 1. The first-order valence-corrected chi connectivity index (χ1v) is 12.4. The van der Waals surface area contributed by atoms with E-state index in [9.17, 15) is 9.59 Å². The highest BCUT2D eigenvalue weighted by molar-refractivity contribution is 5.79. The van der Waals surface area contributed by atoms with E-state index in [1.807, 2.05) is 17.0 Å². The van der Waals surface area contributed by atoms with Crippen molar-refractivity contribution in [3.05, 3.63) is 28.7 Å². The fourth-order valence-electron chi connectivity index (χ4n) is 4.94. The summed E-state index contributed by atoms with van der Waals surface area (Å²) in [4.78, 5) is 41.6. The van der Waals surface area contributed by atoms with Crippen molar-refractivity contribution in [1.82, 2.24) is 29.7 Å². The highest BCUT2D eigenvalue weighted by Crippen LogP contribution is 2.21. The summed E-state index contributed by atoms with van der Waals surface area (Å²) in [5.74, 6) is 0.386. The smallest absolute Gasteiger partial charge is 0.294 e. The van der Waals surface area contributed by atoms with Crippen molar-refractivity contribution in [3.63, 3.8) is 0 Å². The van der Waals surface area contributed by atoms with Crippen LogP contribution in [0.3, 0.4) is 0 Å². The highest BCUT2D eigenvalue weighted by atomic mass is 16.2. The number of pyridine rings is 1. The van der Waals surface area contributed by atoms with Gasteiger partial charge in [0.1, 0.15) is 5.52 Å². The van der Waals surface area contributed by atoms with Gasteiger partial charge < -0.3 is 20.0 Å². The van der Waals surface area contributed by atoms with Gasteiger partial charge in [-0.05, 0) is 50.9 Å². The molecular formula is C24H37N7O2. The number of piperazine rings is 1. The fourth-order valence-corrected chi connectivity index (χ4v) is 4.94. The summed E-state index contributed by atoms with van der Waals surface area (Å²) >= 11 is 0. The number of aromatic nitrogens is 3. The molecule has 4 heterocycles. The fraction of sp³-hybridized carbons (Fsp3) is 0.667. The molecule has 2 aromatic heterocycles. The van der Waals surface area contributed by atoms with E-state index in [1.54, 1.807) is 17.8 Å². The van der Waals surface area contributed by atoms with Crippen LogP contribution in [0, 0.1) is 5.92 Å². The van der Waals surface area contributed by atoms with Gasteiger partial charge in [-0.15, -0.1) is 0 Å². The van der Waals surface area contributed by atoms with Gasteiger partial charge in [0, 0.05) is 59.1 Å². The number of fused-ring (bicyclic) bond motifs is 1. The van der Waals surface area contributed by atoms with Crippen LogP contribution in [0.5, 0.6) is 0 Å². The van der Waals surface area contributed by atoms with E-state index in [0.29, 0.717) is 30.1 Å². The average molecular weight is 456 g/mol. The van der Waals surface area contributed by atoms with Gasteiger partial charge in [-0.3, -0.25) is 14.2 Å². The standard InChI is InChI=1S/C24H37N7O2/c1-3-11-29-14-16-30(17-15-29)12-6-10-26-23(32)19-7-5-13-31(18-19)22-24(33)28(2)21-20(27-22)8-4-9-25-21/h4,8-9,19H,3,5-7,10-18H2,1-2H3,(H,26,32). The molecule has 2 aliphatic heterocycles. The second-order valence-electron chi connectivity index (χ2n) is 9.26. The topological polar surface area (TPSA) is 86.6 Å². The minimum Gasteiger partial charge on any atom is -0.356 e. The third kappa shape index (κ3) is 5.70. The highest BCUT2D eigenvalue weighted by Gasteiger charge is 2.28. The maximum Gasteiger partial charge on any atom is 0.294 e. The number of nitrogens with zero attached hydrogens (tertiary/aromatic N) is 6. The SMILES string of the molecule is CCCN1CCN(CCCNC(=O)C2CCCN(c3nc4cccnc4n(C)c3=O)C2)CC1. The van der Waals surface area contributed by atoms with Crippen molar-refractivity contribution in [1.29, 1.82) is 0 Å². The quantitative estimate of drug-likeness (QED) is 0.596. The van der Waals surface area contributed by atoms with E-state index >= 15 is 0 Å². The Kier molecular flexibility index (Phi) is 7.93. The van der Waals surface area contributed by atoms with Gasteiger partial charge in [0.25, 0.3) is 5.56 Å². The molecule has 1 unspecified atom stereocenters. The molecule has 2 fully saturated rings. The predicted molar refractivity (Wildman–Crippen MR) is 131 cm³/mol. The number of hydrogen-bond acceptors (Lipinski definition) is 7. The molecular weight excluding hydrogens is 418 g/mol. The summed E-state index contributed by atoms with van der Waals surface area (Å²) in [7, 11) is 1.72. The number of hydrogen-bond donors (Lipinski definition) is 1. The first kappa shape index (κ1) is 23.6. The molecule has 4 rings (SSSR count). The average Bonchev–Trinajstić information content (AvgIpc) is 2.85. The molecule has 9 nitrogen and oxygen atoms in total. The van der Waals surface area contributed by atoms with Crippen molar-refractivity contribution >= 4 is 22.9 Å². The summed E-state index contributed by atoms with van der Waals surface area (Å²) in [5, 5.41) is 3.13. The molecule has 2 aromatic rings. The Labute approximate surface area is 195 Å². The van der Waals surface area contributed by atoms with Crippen molar-refractivity contribution in [2.45, 2.75) is 32.6 Å². The summed E-state index contributed by atoms with van der Waals surface area (Å²) < 4.78 is 1.55. The molecule has 0 radical (unpaired) electrons. The van der Waals surface area contributed by atoms with Gasteiger partial charge >= 0.3 is 0 Å². The second-order valence-corrected chi connectivity index (χ2v) is 9.26. The van der Waals surface area contributed by atoms with Crippen LogP contribution in [0.15, 0.2) is 23.1 Å². The molecule has 0 spiro atoms. The Morgan fingerprint density at radius 1 is 1.15 bits per heavy atom. The van der Waals surface area contributed by atoms with Crippen LogP contribution in [0.25, 0.3) is 11.2 Å². The van der Waals surface area contributed by atoms with E-state index in [1.165, 1.54) is 13.0 Å². The number of carbonyl (C=O) groups excluding carboxylic acids is 1. The third-order valence-corrected chi connectivity index (χ3v) is 6.85. The zero-order valence-corrected chi connectivity index (χ0v) is 20.0. The summed E-state index contributed by atoms with van der Waals surface area (Å²) in [5.41, 5.74) is 1.10. The van der Waals surface area contributed by atoms with Crippen molar-refractivity contribution in [2.24, 2.45) is 13.0 Å². The van der Waals surface area contributed by atoms with Crippen molar-refractivity contribution < 1.29 is 4.79 Å². The monoisotopic (exact) mass is 455 g/mol. The molecule has 180 valence electrons. The van der Waals surface area contributed by atoms with E-state index in [-0.39, 0.29) is 17.4 Å². The predicted octanol–water partition coefficient (Wildman–Crippen LogP) is 1.08. The Bertz CT molecular complexity index is 1000. The van der Waals surface area contributed by atoms with E-state index < -0.39 is 0 Å². The van der Waals surface area contributed by atoms with Crippen molar-refractivity contribution in [2.75, 3.05) is 63.8 Å². The first-order chi connectivity index (χ1) is 16.1. The molecule has 0 bridgehead atoms. The second kappa shape index (κ2) is 11.1. The summed E-state index contributed by atoms with van der Waals surface area (Å²) in [6, 6.07) is 3.68. The number of amides is 1. The molecule has 0 aliphatic carbocycles. The normalized spacial score (nSPS) is 20.3. The molecule has 33 heavy (non-hydrogen) atoms. The van der Waals surface area contributed by atoms with Crippen LogP contribution in [0.4, 0.5) is 5.82 Å². The molecule has 2 aliphatic rings. The van der Waals surface area contributed by atoms with Gasteiger partial charge in [-0.25, -0.2) is 9.97 Å². The van der Waals surface area contributed by atoms with Gasteiger partial charge in [0.05, 0.1) is 5.92 Å². The van der Waals surface area contributed by atoms with Crippen LogP contribution in [-0.4, -0.2) is 89.1 Å². The zero-order chi connectivity index (χ0) is 23.2. The number of anilines is 1. The molecule has 0 saturated carbocycles. The molecule has 2 saturated heterocycles. The van der Waals surface area contributed by atoms with E-state index in [2.05, 4.69) is 32.0 Å². The lowest BCUT2D eigenvalue weighted by atomic mass is 9.97. The molecule has 1 amide bonds. The maximum atomic E-state index is 12.9.